The lowest BCUT2D eigenvalue weighted by Crippen LogP contribution is -2.44. The van der Waals surface area contributed by atoms with E-state index >= 15 is 0 Å². The van der Waals surface area contributed by atoms with Crippen molar-refractivity contribution in [2.45, 2.75) is 37.4 Å². The molecule has 0 aliphatic carbocycles. The normalized spacial score (nSPS) is 15.6. The van der Waals surface area contributed by atoms with E-state index in [0.717, 1.165) is 27.5 Å². The average Bonchev–Trinajstić information content (AvgIpc) is 3.30. The van der Waals surface area contributed by atoms with E-state index in [4.69, 9.17) is 4.74 Å². The number of methoxy groups -OCH3 is 1. The highest BCUT2D eigenvalue weighted by Gasteiger charge is 2.42. The number of hydrogen-bond acceptors (Lipinski definition) is 5. The Bertz CT molecular complexity index is 1680. The first-order chi connectivity index (χ1) is 18.8. The third-order valence-corrected chi connectivity index (χ3v) is 8.98. The average molecular weight is 540 g/mol. The van der Waals surface area contributed by atoms with Crippen LogP contribution in [0.25, 0.3) is 10.8 Å². The smallest absolute Gasteiger partial charge is 0.244 e. The van der Waals surface area contributed by atoms with Crippen molar-refractivity contribution in [1.29, 1.82) is 5.26 Å². The zero-order valence-electron chi connectivity index (χ0n) is 21.9. The van der Waals surface area contributed by atoms with Crippen LogP contribution in [0.3, 0.4) is 0 Å². The van der Waals surface area contributed by atoms with Crippen molar-refractivity contribution >= 4 is 26.7 Å². The monoisotopic (exact) mass is 539 g/mol. The lowest BCUT2D eigenvalue weighted by Gasteiger charge is -2.28. The molecule has 39 heavy (non-hydrogen) atoms. The van der Waals surface area contributed by atoms with Crippen LogP contribution in [0.5, 0.6) is 5.75 Å². The number of fused-ring (bicyclic) bond motifs is 1. The molecule has 1 aliphatic heterocycles. The molecule has 0 aromatic heterocycles. The molecule has 1 heterocycles. The first-order valence-electron chi connectivity index (χ1n) is 12.7. The molecule has 0 saturated carbocycles. The molecular weight excluding hydrogens is 510 g/mol. The molecule has 7 nitrogen and oxygen atoms in total. The Labute approximate surface area is 228 Å². The van der Waals surface area contributed by atoms with E-state index in [1.807, 2.05) is 49.4 Å². The number of carbonyl (C=O) groups is 1. The van der Waals surface area contributed by atoms with Crippen molar-refractivity contribution < 1.29 is 17.9 Å². The Hall–Kier alpha value is -4.19. The number of aryl methyl sites for hydroxylation is 1. The fraction of sp³-hybridized carbons (Fsp3) is 0.226. The maximum atomic E-state index is 14.2. The summed E-state index contributed by atoms with van der Waals surface area (Å²) in [6, 6.07) is 26.6. The fourth-order valence-electron chi connectivity index (χ4n) is 4.97. The molecule has 1 saturated heterocycles. The predicted octanol–water partition coefficient (Wildman–Crippen LogP) is 5.02. The van der Waals surface area contributed by atoms with Gasteiger partial charge in [-0.2, -0.15) is 9.57 Å². The van der Waals surface area contributed by atoms with Gasteiger partial charge in [0.2, 0.25) is 15.9 Å². The quantitative estimate of drug-likeness (QED) is 0.314. The maximum absolute atomic E-state index is 14.2. The molecule has 1 aliphatic rings. The summed E-state index contributed by atoms with van der Waals surface area (Å²) in [6.45, 7) is 2.79. The SMILES string of the molecule is COc1ccc2ccc(S(=O)(=O)N(Cc3ccc(C)cc3)[C@H]3CCN(Cc4cccc(C#N)c4)C3=O)cc2c1. The molecule has 0 N–H and O–H groups in total. The number of likely N-dealkylation sites (tertiary alicyclic amines) is 1. The van der Waals surface area contributed by atoms with Gasteiger partial charge in [-0.15, -0.1) is 0 Å². The van der Waals surface area contributed by atoms with Gasteiger partial charge in [0.15, 0.2) is 0 Å². The molecule has 0 bridgehead atoms. The number of nitrogens with zero attached hydrogens (tertiary/aromatic N) is 3. The number of rotatable bonds is 8. The molecule has 0 unspecified atom stereocenters. The van der Waals surface area contributed by atoms with E-state index in [1.165, 1.54) is 4.31 Å². The number of carbonyl (C=O) groups excluding carboxylic acids is 1. The van der Waals surface area contributed by atoms with E-state index in [1.54, 1.807) is 54.5 Å². The van der Waals surface area contributed by atoms with Crippen LogP contribution in [-0.4, -0.2) is 43.2 Å². The molecule has 0 radical (unpaired) electrons. The van der Waals surface area contributed by atoms with Crippen molar-refractivity contribution in [2.24, 2.45) is 0 Å². The topological polar surface area (TPSA) is 90.7 Å². The van der Waals surface area contributed by atoms with E-state index in [9.17, 15) is 18.5 Å². The number of nitriles is 1. The minimum atomic E-state index is -4.04. The highest BCUT2D eigenvalue weighted by atomic mass is 32.2. The fourth-order valence-corrected chi connectivity index (χ4v) is 6.60. The minimum absolute atomic E-state index is 0.0763. The number of ether oxygens (including phenoxy) is 1. The van der Waals surface area contributed by atoms with Crippen LogP contribution in [-0.2, 0) is 27.9 Å². The summed E-state index contributed by atoms with van der Waals surface area (Å²) < 4.78 is 35.0. The third-order valence-electron chi connectivity index (χ3n) is 7.13. The van der Waals surface area contributed by atoms with Crippen LogP contribution in [0.2, 0.25) is 0 Å². The second kappa shape index (κ2) is 10.9. The molecule has 4 aromatic rings. The molecular formula is C31H29N3O4S. The Morgan fingerprint density at radius 2 is 1.74 bits per heavy atom. The Balaban J connectivity index is 1.50. The lowest BCUT2D eigenvalue weighted by atomic mass is 10.1. The van der Waals surface area contributed by atoms with Crippen molar-refractivity contribution in [3.05, 3.63) is 107 Å². The first-order valence-corrected chi connectivity index (χ1v) is 14.2. The number of benzene rings is 4. The lowest BCUT2D eigenvalue weighted by molar-refractivity contribution is -0.131. The number of hydrogen-bond donors (Lipinski definition) is 0. The van der Waals surface area contributed by atoms with E-state index in [0.29, 0.717) is 30.8 Å². The van der Waals surface area contributed by atoms with Crippen molar-refractivity contribution in [3.8, 4) is 11.8 Å². The van der Waals surface area contributed by atoms with Crippen LogP contribution in [0, 0.1) is 18.3 Å². The summed E-state index contributed by atoms with van der Waals surface area (Å²) in [5.74, 6) is 0.395. The van der Waals surface area contributed by atoms with Gasteiger partial charge in [0.25, 0.3) is 0 Å². The van der Waals surface area contributed by atoms with Gasteiger partial charge < -0.3 is 9.64 Å². The molecule has 198 valence electrons. The van der Waals surface area contributed by atoms with Gasteiger partial charge in [0, 0.05) is 19.6 Å². The standard InChI is InChI=1S/C31H29N3O4S/c1-22-6-8-23(9-7-22)21-34(30-14-15-33(31(30)35)20-25-5-3-4-24(16-25)19-32)39(36,37)29-13-11-26-10-12-28(38-2)17-27(26)18-29/h3-13,16-18,30H,14-15,20-21H2,1-2H3/t30-/m0/s1. The van der Waals surface area contributed by atoms with Gasteiger partial charge in [-0.25, -0.2) is 8.42 Å². The maximum Gasteiger partial charge on any atom is 0.244 e. The third kappa shape index (κ3) is 5.51. The first kappa shape index (κ1) is 26.4. The zero-order valence-corrected chi connectivity index (χ0v) is 22.7. The number of sulfonamides is 1. The molecule has 8 heteroatoms. The van der Waals surface area contributed by atoms with Crippen LogP contribution < -0.4 is 4.74 Å². The van der Waals surface area contributed by atoms with Crippen LogP contribution in [0.1, 0.15) is 28.7 Å². The van der Waals surface area contributed by atoms with Gasteiger partial charge in [0.05, 0.1) is 23.6 Å². The predicted molar refractivity (Wildman–Crippen MR) is 149 cm³/mol. The van der Waals surface area contributed by atoms with E-state index in [2.05, 4.69) is 6.07 Å². The second-order valence-corrected chi connectivity index (χ2v) is 11.7. The molecule has 1 amide bonds. The highest BCUT2D eigenvalue weighted by molar-refractivity contribution is 7.89. The largest absolute Gasteiger partial charge is 0.497 e. The second-order valence-electron chi connectivity index (χ2n) is 9.79. The molecule has 5 rings (SSSR count). The summed E-state index contributed by atoms with van der Waals surface area (Å²) >= 11 is 0. The van der Waals surface area contributed by atoms with E-state index in [-0.39, 0.29) is 17.3 Å². The van der Waals surface area contributed by atoms with E-state index < -0.39 is 16.1 Å². The van der Waals surface area contributed by atoms with Gasteiger partial charge in [-0.05, 0) is 71.6 Å². The van der Waals surface area contributed by atoms with Gasteiger partial charge >= 0.3 is 0 Å². The van der Waals surface area contributed by atoms with Gasteiger partial charge in [-0.1, -0.05) is 54.1 Å². The minimum Gasteiger partial charge on any atom is -0.497 e. The Kier molecular flexibility index (Phi) is 7.38. The molecule has 4 aromatic carbocycles. The van der Waals surface area contributed by atoms with Crippen molar-refractivity contribution in [2.75, 3.05) is 13.7 Å². The summed E-state index contributed by atoms with van der Waals surface area (Å²) in [7, 11) is -2.47. The van der Waals surface area contributed by atoms with Crippen LogP contribution >= 0.6 is 0 Å². The van der Waals surface area contributed by atoms with Gasteiger partial charge in [-0.3, -0.25) is 4.79 Å². The highest BCUT2D eigenvalue weighted by Crippen LogP contribution is 2.30. The zero-order chi connectivity index (χ0) is 27.6. The molecule has 0 spiro atoms. The molecule has 1 atom stereocenters. The van der Waals surface area contributed by atoms with Crippen molar-refractivity contribution in [3.63, 3.8) is 0 Å². The summed E-state index contributed by atoms with van der Waals surface area (Å²) in [6.07, 6.45) is 0.378. The number of amides is 1. The van der Waals surface area contributed by atoms with Gasteiger partial charge in [0.1, 0.15) is 11.8 Å². The van der Waals surface area contributed by atoms with Crippen molar-refractivity contribution in [1.82, 2.24) is 9.21 Å². The molecule has 1 fully saturated rings. The Morgan fingerprint density at radius 1 is 0.974 bits per heavy atom. The van der Waals surface area contributed by atoms with Crippen LogP contribution in [0.4, 0.5) is 0 Å². The Morgan fingerprint density at radius 3 is 2.49 bits per heavy atom. The summed E-state index contributed by atoms with van der Waals surface area (Å²) in [5, 5.41) is 10.9. The summed E-state index contributed by atoms with van der Waals surface area (Å²) in [5.41, 5.74) is 3.23. The van der Waals surface area contributed by atoms with Crippen LogP contribution in [0.15, 0.2) is 89.8 Å². The summed E-state index contributed by atoms with van der Waals surface area (Å²) in [4.78, 5) is 15.5.